The second-order valence-corrected chi connectivity index (χ2v) is 11.0. The summed E-state index contributed by atoms with van der Waals surface area (Å²) >= 11 is 0. The molecule has 11 nitrogen and oxygen atoms in total. The summed E-state index contributed by atoms with van der Waals surface area (Å²) in [6.45, 7) is 2.65. The summed E-state index contributed by atoms with van der Waals surface area (Å²) in [7, 11) is 3.95. The molecule has 1 fully saturated rings. The van der Waals surface area contributed by atoms with Gasteiger partial charge in [-0.15, -0.1) is 0 Å². The number of hydrogen-bond donors (Lipinski definition) is 0. The zero-order chi connectivity index (χ0) is 28.6. The van der Waals surface area contributed by atoms with Crippen LogP contribution < -0.4 is 0 Å². The monoisotopic (exact) mass is 563 g/mol. The Balaban J connectivity index is 1.12. The molecule has 11 heteroatoms. The van der Waals surface area contributed by atoms with Crippen molar-refractivity contribution >= 4 is 5.91 Å². The number of aryl methyl sites for hydroxylation is 4. The predicted molar refractivity (Wildman–Crippen MR) is 156 cm³/mol. The van der Waals surface area contributed by atoms with Crippen LogP contribution >= 0.6 is 0 Å². The minimum atomic E-state index is 0.0561. The number of carbonyl (C=O) groups is 1. The molecule has 0 unspecified atom stereocenters. The topological polar surface area (TPSA) is 109 Å². The predicted octanol–water partition coefficient (Wildman–Crippen LogP) is 2.61. The zero-order valence-corrected chi connectivity index (χ0v) is 23.9. The number of fused-ring (bicyclic) bond motifs is 3. The van der Waals surface area contributed by atoms with Gasteiger partial charge in [-0.1, -0.05) is 24.3 Å². The van der Waals surface area contributed by atoms with Gasteiger partial charge in [0.15, 0.2) is 0 Å². The van der Waals surface area contributed by atoms with Crippen LogP contribution in [0.4, 0.5) is 0 Å². The number of nitrogens with zero attached hydrogens (tertiary/aromatic N) is 9. The minimum Gasteiger partial charge on any atom is -0.378 e. The first-order valence-electron chi connectivity index (χ1n) is 14.4. The van der Waals surface area contributed by atoms with Crippen molar-refractivity contribution in [3.8, 4) is 22.4 Å². The molecule has 5 aromatic rings. The number of benzene rings is 1. The summed E-state index contributed by atoms with van der Waals surface area (Å²) in [5, 5.41) is 13.9. The van der Waals surface area contributed by atoms with Crippen molar-refractivity contribution in [3.63, 3.8) is 0 Å². The molecule has 0 saturated carbocycles. The van der Waals surface area contributed by atoms with E-state index in [2.05, 4.69) is 39.4 Å². The fourth-order valence-electron chi connectivity index (χ4n) is 5.88. The van der Waals surface area contributed by atoms with Crippen LogP contribution in [0.3, 0.4) is 0 Å². The van der Waals surface area contributed by atoms with Crippen molar-refractivity contribution in [2.75, 3.05) is 26.3 Å². The Morgan fingerprint density at radius 1 is 1.00 bits per heavy atom. The zero-order valence-electron chi connectivity index (χ0n) is 23.9. The molecular weight excluding hydrogens is 530 g/mol. The third kappa shape index (κ3) is 5.23. The Kier molecular flexibility index (Phi) is 6.87. The molecule has 1 aliphatic heterocycles. The average molecular weight is 564 g/mol. The molecule has 42 heavy (non-hydrogen) atoms. The first-order chi connectivity index (χ1) is 20.5. The highest BCUT2D eigenvalue weighted by Gasteiger charge is 2.26. The normalized spacial score (nSPS) is 14.6. The van der Waals surface area contributed by atoms with E-state index in [0.717, 1.165) is 64.3 Å². The van der Waals surface area contributed by atoms with Gasteiger partial charge in [0.05, 0.1) is 48.6 Å². The van der Waals surface area contributed by atoms with Crippen molar-refractivity contribution in [2.24, 2.45) is 14.1 Å². The maximum atomic E-state index is 12.6. The van der Waals surface area contributed by atoms with Crippen LogP contribution in [-0.4, -0.2) is 76.4 Å². The van der Waals surface area contributed by atoms with Crippen LogP contribution in [0.2, 0.25) is 0 Å². The Bertz CT molecular complexity index is 1760. The second-order valence-electron chi connectivity index (χ2n) is 11.0. The van der Waals surface area contributed by atoms with E-state index in [1.54, 1.807) is 4.68 Å². The molecule has 0 N–H and O–H groups in total. The van der Waals surface area contributed by atoms with Crippen molar-refractivity contribution in [1.82, 2.24) is 44.2 Å². The van der Waals surface area contributed by atoms with Gasteiger partial charge < -0.3 is 9.64 Å². The number of carbonyl (C=O) groups excluding carboxylic acids is 1. The van der Waals surface area contributed by atoms with Gasteiger partial charge >= 0.3 is 0 Å². The number of rotatable bonds is 7. The summed E-state index contributed by atoms with van der Waals surface area (Å²) in [6.07, 6.45) is 10.7. The lowest BCUT2D eigenvalue weighted by atomic mass is 9.91. The molecule has 2 aliphatic rings. The van der Waals surface area contributed by atoms with Crippen molar-refractivity contribution in [1.29, 1.82) is 0 Å². The molecule has 5 heterocycles. The summed E-state index contributed by atoms with van der Waals surface area (Å²) < 4.78 is 10.9. The van der Waals surface area contributed by atoms with E-state index in [1.807, 2.05) is 59.2 Å². The quantitative estimate of drug-likeness (QED) is 0.300. The first-order valence-corrected chi connectivity index (χ1v) is 14.4. The van der Waals surface area contributed by atoms with Gasteiger partial charge in [-0.3, -0.25) is 18.8 Å². The van der Waals surface area contributed by atoms with Crippen LogP contribution in [0.1, 0.15) is 34.0 Å². The molecule has 0 atom stereocenters. The highest BCUT2D eigenvalue weighted by atomic mass is 16.5. The first kappa shape index (κ1) is 26.3. The largest absolute Gasteiger partial charge is 0.378 e. The molecule has 0 spiro atoms. The van der Waals surface area contributed by atoms with Crippen LogP contribution in [0, 0.1) is 0 Å². The summed E-state index contributed by atoms with van der Waals surface area (Å²) in [4.78, 5) is 24.2. The van der Waals surface area contributed by atoms with E-state index in [4.69, 9.17) is 14.8 Å². The third-order valence-electron chi connectivity index (χ3n) is 8.05. The Labute approximate surface area is 243 Å². The van der Waals surface area contributed by atoms with Crippen LogP contribution in [0.5, 0.6) is 0 Å². The van der Waals surface area contributed by atoms with E-state index < -0.39 is 0 Å². The highest BCUT2D eigenvalue weighted by molar-refractivity contribution is 5.76. The molecule has 214 valence electrons. The van der Waals surface area contributed by atoms with E-state index in [-0.39, 0.29) is 12.5 Å². The fraction of sp³-hybridized carbons (Fsp3) is 0.355. The van der Waals surface area contributed by atoms with Gasteiger partial charge in [0.25, 0.3) is 0 Å². The third-order valence-corrected chi connectivity index (χ3v) is 8.05. The van der Waals surface area contributed by atoms with Crippen molar-refractivity contribution < 1.29 is 9.53 Å². The Morgan fingerprint density at radius 3 is 2.71 bits per heavy atom. The van der Waals surface area contributed by atoms with Gasteiger partial charge in [0.1, 0.15) is 12.4 Å². The number of ether oxygens (including phenoxy) is 1. The molecule has 7 rings (SSSR count). The second kappa shape index (κ2) is 11.0. The lowest BCUT2D eigenvalue weighted by Crippen LogP contribution is -2.42. The van der Waals surface area contributed by atoms with E-state index in [1.165, 1.54) is 5.56 Å². The molecule has 1 aliphatic carbocycles. The van der Waals surface area contributed by atoms with Gasteiger partial charge in [-0.25, -0.2) is 9.97 Å². The summed E-state index contributed by atoms with van der Waals surface area (Å²) in [5.74, 6) is 0.764. The summed E-state index contributed by atoms with van der Waals surface area (Å²) in [6, 6.07) is 10.5. The molecular formula is C31H33N9O2. The molecule has 1 saturated heterocycles. The van der Waals surface area contributed by atoms with Gasteiger partial charge in [-0.05, 0) is 35.6 Å². The molecule has 1 amide bonds. The number of amides is 1. The fourth-order valence-corrected chi connectivity index (χ4v) is 5.88. The average Bonchev–Trinajstić information content (AvgIpc) is 3.72. The lowest BCUT2D eigenvalue weighted by molar-refractivity contribution is -0.136. The summed E-state index contributed by atoms with van der Waals surface area (Å²) in [5.41, 5.74) is 9.75. The Morgan fingerprint density at radius 2 is 1.88 bits per heavy atom. The number of hydrogen-bond acceptors (Lipinski definition) is 7. The van der Waals surface area contributed by atoms with Crippen molar-refractivity contribution in [3.05, 3.63) is 89.2 Å². The minimum absolute atomic E-state index is 0.0561. The lowest BCUT2D eigenvalue weighted by Gasteiger charge is -2.26. The van der Waals surface area contributed by atoms with Crippen LogP contribution in [-0.2, 0) is 55.9 Å². The highest BCUT2D eigenvalue weighted by Crippen LogP contribution is 2.35. The molecule has 0 radical (unpaired) electrons. The van der Waals surface area contributed by atoms with Crippen LogP contribution in [0.15, 0.2) is 55.1 Å². The van der Waals surface area contributed by atoms with E-state index in [0.29, 0.717) is 38.5 Å². The van der Waals surface area contributed by atoms with Crippen molar-refractivity contribution in [2.45, 2.75) is 32.2 Å². The molecule has 0 bridgehead atoms. The maximum Gasteiger partial charge on any atom is 0.244 e. The number of aromatic nitrogens is 8. The SMILES string of the molecule is Cn1cc(-c2cccc(Cc3c4c(nn3C)CCc3cnc(Cc5ccn(CC(=O)N6CCOCC6)n5)nc3-4)c2)cn1. The molecule has 4 aromatic heterocycles. The molecule has 1 aromatic carbocycles. The van der Waals surface area contributed by atoms with Crippen LogP contribution in [0.25, 0.3) is 22.4 Å². The van der Waals surface area contributed by atoms with Gasteiger partial charge in [-0.2, -0.15) is 15.3 Å². The van der Waals surface area contributed by atoms with E-state index >= 15 is 0 Å². The smallest absolute Gasteiger partial charge is 0.244 e. The maximum absolute atomic E-state index is 12.6. The number of morpholine rings is 1. The van der Waals surface area contributed by atoms with Gasteiger partial charge in [0.2, 0.25) is 5.91 Å². The standard InChI is InChI=1S/C31H33N9O2/c1-37-19-24(18-33-37)22-5-3-4-21(14-22)15-27-30-26(36-38(27)2)7-6-23-17-32-28(34-31(23)30)16-25-8-9-40(35-25)20-29(41)39-10-12-42-13-11-39/h3-5,8-9,14,17-19H,6-7,10-13,15-16,20H2,1-2H3. The van der Waals surface area contributed by atoms with Gasteiger partial charge in [0, 0.05) is 63.3 Å². The Hall–Kier alpha value is -4.64. The van der Waals surface area contributed by atoms with E-state index in [9.17, 15) is 4.79 Å².